The van der Waals surface area contributed by atoms with Crippen molar-refractivity contribution in [3.8, 4) is 17.1 Å². The fourth-order valence-electron chi connectivity index (χ4n) is 1.76. The zero-order valence-corrected chi connectivity index (χ0v) is 11.0. The van der Waals surface area contributed by atoms with Crippen molar-refractivity contribution in [2.24, 2.45) is 7.05 Å². The number of hydrogen-bond donors (Lipinski definition) is 0. The Bertz CT molecular complexity index is 696. The van der Waals surface area contributed by atoms with E-state index in [0.29, 0.717) is 18.2 Å². The van der Waals surface area contributed by atoms with Gasteiger partial charge in [0.05, 0.1) is 13.2 Å². The fourth-order valence-corrected chi connectivity index (χ4v) is 1.76. The van der Waals surface area contributed by atoms with Crippen LogP contribution in [0.1, 0.15) is 5.56 Å². The largest absolute Gasteiger partial charge is 0.487 e. The van der Waals surface area contributed by atoms with Crippen molar-refractivity contribution in [1.82, 2.24) is 25.2 Å². The third-order valence-electron chi connectivity index (χ3n) is 2.73. The van der Waals surface area contributed by atoms with Gasteiger partial charge in [-0.3, -0.25) is 4.98 Å². The Morgan fingerprint density at radius 2 is 2.00 bits per heavy atom. The molecule has 6 nitrogen and oxygen atoms in total. The summed E-state index contributed by atoms with van der Waals surface area (Å²) in [5.41, 5.74) is 1.89. The minimum Gasteiger partial charge on any atom is -0.487 e. The molecule has 0 aliphatic carbocycles. The van der Waals surface area contributed by atoms with Gasteiger partial charge in [0.1, 0.15) is 12.4 Å². The number of aromatic nitrogens is 5. The molecular weight excluding hydrogens is 254 g/mol. The Kier molecular flexibility index (Phi) is 3.36. The van der Waals surface area contributed by atoms with Crippen LogP contribution in [0.25, 0.3) is 11.4 Å². The van der Waals surface area contributed by atoms with E-state index >= 15 is 0 Å². The average molecular weight is 267 g/mol. The number of benzene rings is 1. The number of ether oxygens (including phenoxy) is 1. The van der Waals surface area contributed by atoms with Crippen molar-refractivity contribution in [2.75, 3.05) is 0 Å². The van der Waals surface area contributed by atoms with Crippen LogP contribution in [0, 0.1) is 0 Å². The van der Waals surface area contributed by atoms with Crippen LogP contribution >= 0.6 is 0 Å². The fraction of sp³-hybridized carbons (Fsp3) is 0.143. The lowest BCUT2D eigenvalue weighted by Crippen LogP contribution is -1.96. The normalized spacial score (nSPS) is 10.4. The summed E-state index contributed by atoms with van der Waals surface area (Å²) < 4.78 is 5.72. The first-order chi connectivity index (χ1) is 9.81. The number of hydrogen-bond acceptors (Lipinski definition) is 5. The molecule has 0 aliphatic heterocycles. The average Bonchev–Trinajstić information content (AvgIpc) is 2.93. The van der Waals surface area contributed by atoms with Gasteiger partial charge in [-0.2, -0.15) is 4.80 Å². The molecule has 0 aliphatic rings. The van der Waals surface area contributed by atoms with E-state index in [1.54, 1.807) is 19.4 Å². The first kappa shape index (κ1) is 12.3. The van der Waals surface area contributed by atoms with E-state index in [1.807, 2.05) is 36.4 Å². The van der Waals surface area contributed by atoms with E-state index in [0.717, 1.165) is 11.1 Å². The summed E-state index contributed by atoms with van der Waals surface area (Å²) in [5.74, 6) is 1.21. The summed E-state index contributed by atoms with van der Waals surface area (Å²) in [7, 11) is 1.72. The molecule has 0 spiro atoms. The number of aryl methyl sites for hydroxylation is 1. The monoisotopic (exact) mass is 267 g/mol. The third-order valence-corrected chi connectivity index (χ3v) is 2.73. The highest BCUT2D eigenvalue weighted by molar-refractivity contribution is 5.54. The third kappa shape index (κ3) is 2.80. The molecule has 0 N–H and O–H groups in total. The first-order valence-corrected chi connectivity index (χ1v) is 6.17. The quantitative estimate of drug-likeness (QED) is 0.721. The summed E-state index contributed by atoms with van der Waals surface area (Å²) in [6.45, 7) is 0.500. The summed E-state index contributed by atoms with van der Waals surface area (Å²) >= 11 is 0. The highest BCUT2D eigenvalue weighted by atomic mass is 16.5. The summed E-state index contributed by atoms with van der Waals surface area (Å²) in [6, 6.07) is 11.8. The first-order valence-electron chi connectivity index (χ1n) is 6.17. The molecule has 3 rings (SSSR count). The van der Waals surface area contributed by atoms with Gasteiger partial charge >= 0.3 is 0 Å². The maximum atomic E-state index is 5.72. The van der Waals surface area contributed by atoms with Gasteiger partial charge < -0.3 is 4.74 Å². The van der Waals surface area contributed by atoms with Gasteiger partial charge in [-0.05, 0) is 16.8 Å². The molecule has 2 heterocycles. The van der Waals surface area contributed by atoms with E-state index in [2.05, 4.69) is 20.4 Å². The van der Waals surface area contributed by atoms with E-state index in [-0.39, 0.29) is 0 Å². The van der Waals surface area contributed by atoms with Crippen LogP contribution in [0.4, 0.5) is 0 Å². The van der Waals surface area contributed by atoms with Crippen LogP contribution in [0.2, 0.25) is 0 Å². The Hall–Kier alpha value is -2.76. The second-order valence-electron chi connectivity index (χ2n) is 4.29. The SMILES string of the molecule is Cn1nnc(-c2cncc(OCc3ccccc3)c2)n1. The standard InChI is InChI=1S/C14H13N5O/c1-19-17-14(16-18-19)12-7-13(9-15-8-12)20-10-11-5-3-2-4-6-11/h2-9H,10H2,1H3. The Morgan fingerprint density at radius 1 is 1.15 bits per heavy atom. The number of tetrazole rings is 1. The smallest absolute Gasteiger partial charge is 0.206 e. The van der Waals surface area contributed by atoms with Crippen LogP contribution in [0.3, 0.4) is 0 Å². The lowest BCUT2D eigenvalue weighted by Gasteiger charge is -2.06. The van der Waals surface area contributed by atoms with Crippen LogP contribution in [0.15, 0.2) is 48.8 Å². The predicted octanol–water partition coefficient (Wildman–Crippen LogP) is 1.85. The molecule has 0 saturated carbocycles. The maximum Gasteiger partial charge on any atom is 0.206 e. The predicted molar refractivity (Wildman–Crippen MR) is 72.8 cm³/mol. The topological polar surface area (TPSA) is 65.7 Å². The highest BCUT2D eigenvalue weighted by Crippen LogP contribution is 2.19. The maximum absolute atomic E-state index is 5.72. The van der Waals surface area contributed by atoms with Crippen LogP contribution < -0.4 is 4.74 Å². The Balaban J connectivity index is 1.75. The molecule has 0 saturated heterocycles. The molecule has 20 heavy (non-hydrogen) atoms. The van der Waals surface area contributed by atoms with E-state index < -0.39 is 0 Å². The molecule has 0 unspecified atom stereocenters. The molecule has 0 radical (unpaired) electrons. The summed E-state index contributed by atoms with van der Waals surface area (Å²) in [6.07, 6.45) is 3.36. The molecule has 0 bridgehead atoms. The van der Waals surface area contributed by atoms with Gasteiger partial charge in [-0.1, -0.05) is 30.3 Å². The molecule has 6 heteroatoms. The van der Waals surface area contributed by atoms with Gasteiger partial charge in [-0.15, -0.1) is 10.2 Å². The van der Waals surface area contributed by atoms with Crippen molar-refractivity contribution in [3.05, 3.63) is 54.4 Å². The molecule has 2 aromatic heterocycles. The van der Waals surface area contributed by atoms with Gasteiger partial charge in [-0.25, -0.2) is 0 Å². The van der Waals surface area contributed by atoms with Gasteiger partial charge in [0.25, 0.3) is 0 Å². The summed E-state index contributed by atoms with van der Waals surface area (Å²) in [4.78, 5) is 5.55. The lowest BCUT2D eigenvalue weighted by atomic mass is 10.2. The minimum absolute atomic E-state index is 0.500. The molecule has 0 atom stereocenters. The van der Waals surface area contributed by atoms with Crippen molar-refractivity contribution in [3.63, 3.8) is 0 Å². The minimum atomic E-state index is 0.500. The number of rotatable bonds is 4. The molecule has 100 valence electrons. The Labute approximate surface area is 116 Å². The molecule has 0 fully saturated rings. The number of pyridine rings is 1. The number of nitrogens with zero attached hydrogens (tertiary/aromatic N) is 5. The second-order valence-corrected chi connectivity index (χ2v) is 4.29. The van der Waals surface area contributed by atoms with Crippen LogP contribution in [-0.4, -0.2) is 25.2 Å². The lowest BCUT2D eigenvalue weighted by molar-refractivity contribution is 0.305. The van der Waals surface area contributed by atoms with Crippen molar-refractivity contribution in [2.45, 2.75) is 6.61 Å². The second kappa shape index (κ2) is 5.48. The van der Waals surface area contributed by atoms with Crippen molar-refractivity contribution in [1.29, 1.82) is 0 Å². The van der Waals surface area contributed by atoms with Crippen LogP contribution in [0.5, 0.6) is 5.75 Å². The zero-order chi connectivity index (χ0) is 13.8. The van der Waals surface area contributed by atoms with E-state index in [9.17, 15) is 0 Å². The van der Waals surface area contributed by atoms with Gasteiger partial charge in [0.15, 0.2) is 0 Å². The van der Waals surface area contributed by atoms with E-state index in [4.69, 9.17) is 4.74 Å². The highest BCUT2D eigenvalue weighted by Gasteiger charge is 2.06. The molecule has 1 aromatic carbocycles. The van der Waals surface area contributed by atoms with Gasteiger partial charge in [0.2, 0.25) is 5.82 Å². The molecular formula is C14H13N5O. The summed E-state index contributed by atoms with van der Waals surface area (Å²) in [5, 5.41) is 11.9. The van der Waals surface area contributed by atoms with Crippen molar-refractivity contribution < 1.29 is 4.74 Å². The van der Waals surface area contributed by atoms with E-state index in [1.165, 1.54) is 4.80 Å². The van der Waals surface area contributed by atoms with Gasteiger partial charge in [0, 0.05) is 11.8 Å². The molecule has 3 aromatic rings. The Morgan fingerprint density at radius 3 is 2.75 bits per heavy atom. The van der Waals surface area contributed by atoms with Crippen molar-refractivity contribution >= 4 is 0 Å². The van der Waals surface area contributed by atoms with Crippen LogP contribution in [-0.2, 0) is 13.7 Å². The zero-order valence-electron chi connectivity index (χ0n) is 11.0. The molecule has 0 amide bonds.